The quantitative estimate of drug-likeness (QED) is 0.650. The second-order valence-corrected chi connectivity index (χ2v) is 5.04. The first-order valence-corrected chi connectivity index (χ1v) is 6.77. The van der Waals surface area contributed by atoms with E-state index in [-0.39, 0.29) is 11.7 Å². The topological polar surface area (TPSA) is 125 Å². The molecule has 0 heterocycles. The molecule has 0 aliphatic heterocycles. The van der Waals surface area contributed by atoms with Crippen LogP contribution in [0.15, 0.2) is 24.3 Å². The summed E-state index contributed by atoms with van der Waals surface area (Å²) < 4.78 is 5.62. The summed E-state index contributed by atoms with van der Waals surface area (Å²) in [5, 5.41) is 20.4. The number of carbonyl (C=O) groups excluding carboxylic acids is 2. The molecular weight excluding hydrogens is 286 g/mol. The third kappa shape index (κ3) is 4.46. The number of hydrogen-bond donors (Lipinski definition) is 3. The van der Waals surface area contributed by atoms with E-state index in [2.05, 4.69) is 5.32 Å². The van der Waals surface area contributed by atoms with Gasteiger partial charge >= 0.3 is 0 Å². The molecule has 0 aliphatic rings. The Morgan fingerprint density at radius 2 is 2.05 bits per heavy atom. The van der Waals surface area contributed by atoms with Crippen LogP contribution in [0.4, 0.5) is 0 Å². The van der Waals surface area contributed by atoms with Gasteiger partial charge in [0.05, 0.1) is 12.2 Å². The molecule has 1 rings (SSSR count). The highest BCUT2D eigenvalue weighted by atomic mass is 16.5. The zero-order valence-corrected chi connectivity index (χ0v) is 12.4. The summed E-state index contributed by atoms with van der Waals surface area (Å²) in [5.74, 6) is -1.37. The van der Waals surface area contributed by atoms with Crippen molar-refractivity contribution in [1.29, 1.82) is 5.26 Å². The number of aliphatic hydroxyl groups excluding tert-OH is 1. The van der Waals surface area contributed by atoms with Crippen molar-refractivity contribution in [2.24, 2.45) is 11.7 Å². The molecular formula is C15H19N3O4. The molecule has 4 N–H and O–H groups in total. The summed E-state index contributed by atoms with van der Waals surface area (Å²) in [7, 11) is 0. The zero-order chi connectivity index (χ0) is 16.7. The fourth-order valence-electron chi connectivity index (χ4n) is 1.75. The van der Waals surface area contributed by atoms with Crippen LogP contribution in [0.5, 0.6) is 5.75 Å². The Bertz CT molecular complexity index is 580. The molecule has 0 radical (unpaired) electrons. The molecule has 7 nitrogen and oxygen atoms in total. The van der Waals surface area contributed by atoms with E-state index in [0.29, 0.717) is 5.56 Å². The summed E-state index contributed by atoms with van der Waals surface area (Å²) in [5.41, 5.74) is 5.37. The molecule has 0 aliphatic carbocycles. The summed E-state index contributed by atoms with van der Waals surface area (Å²) >= 11 is 0. The third-order valence-corrected chi connectivity index (χ3v) is 2.97. The average Bonchev–Trinajstić information content (AvgIpc) is 2.49. The van der Waals surface area contributed by atoms with Crippen LogP contribution in [0.2, 0.25) is 0 Å². The van der Waals surface area contributed by atoms with Crippen LogP contribution < -0.4 is 15.8 Å². The molecule has 0 aromatic heterocycles. The summed E-state index contributed by atoms with van der Waals surface area (Å²) in [4.78, 5) is 23.3. The van der Waals surface area contributed by atoms with Crippen LogP contribution in [0.25, 0.3) is 0 Å². The Kier molecular flexibility index (Phi) is 6.35. The number of nitrogens with zero attached hydrogens (tertiary/aromatic N) is 1. The highest BCUT2D eigenvalue weighted by molar-refractivity contribution is 5.88. The minimum Gasteiger partial charge on any atom is -0.479 e. The third-order valence-electron chi connectivity index (χ3n) is 2.97. The van der Waals surface area contributed by atoms with Crippen molar-refractivity contribution in [1.82, 2.24) is 5.32 Å². The number of amides is 2. The monoisotopic (exact) mass is 305 g/mol. The van der Waals surface area contributed by atoms with Crippen LogP contribution in [0, 0.1) is 17.2 Å². The van der Waals surface area contributed by atoms with Crippen molar-refractivity contribution in [3.8, 4) is 11.8 Å². The summed E-state index contributed by atoms with van der Waals surface area (Å²) in [6, 6.07) is 7.33. The molecule has 1 aromatic carbocycles. The first kappa shape index (κ1) is 17.5. The van der Waals surface area contributed by atoms with E-state index in [1.807, 2.05) is 6.07 Å². The predicted octanol–water partition coefficient (Wildman–Crippen LogP) is -0.0759. The maximum atomic E-state index is 12.2. The number of nitriles is 1. The molecule has 0 saturated heterocycles. The van der Waals surface area contributed by atoms with E-state index in [9.17, 15) is 9.59 Å². The van der Waals surface area contributed by atoms with Gasteiger partial charge in [-0.05, 0) is 18.1 Å². The van der Waals surface area contributed by atoms with Gasteiger partial charge in [0, 0.05) is 0 Å². The number of rotatable bonds is 7. The lowest BCUT2D eigenvalue weighted by Crippen LogP contribution is -2.52. The minimum absolute atomic E-state index is 0.223. The van der Waals surface area contributed by atoms with Crippen LogP contribution in [0.1, 0.15) is 19.4 Å². The van der Waals surface area contributed by atoms with Gasteiger partial charge in [-0.2, -0.15) is 5.26 Å². The molecule has 0 spiro atoms. The Balaban J connectivity index is 2.92. The second kappa shape index (κ2) is 8.00. The Morgan fingerprint density at radius 1 is 1.41 bits per heavy atom. The standard InChI is InChI=1S/C15H19N3O4/c1-9(2)13(15(21)18-11(8-19)14(17)20)22-12-6-4-3-5-10(12)7-16/h3-6,9,11,13,19H,8H2,1-2H3,(H2,17,20)(H,18,21)/t11-,13-/m0/s1. The smallest absolute Gasteiger partial charge is 0.262 e. The van der Waals surface area contributed by atoms with Crippen LogP contribution >= 0.6 is 0 Å². The van der Waals surface area contributed by atoms with Crippen LogP contribution in [-0.4, -0.2) is 35.7 Å². The van der Waals surface area contributed by atoms with Gasteiger partial charge in [0.2, 0.25) is 5.91 Å². The Morgan fingerprint density at radius 3 is 2.55 bits per heavy atom. The van der Waals surface area contributed by atoms with Crippen molar-refractivity contribution in [3.63, 3.8) is 0 Å². The van der Waals surface area contributed by atoms with Crippen LogP contribution in [0.3, 0.4) is 0 Å². The minimum atomic E-state index is -1.18. The number of nitrogens with two attached hydrogens (primary N) is 1. The molecule has 0 saturated carbocycles. The van der Waals surface area contributed by atoms with Gasteiger partial charge in [-0.15, -0.1) is 0 Å². The first-order valence-electron chi connectivity index (χ1n) is 6.77. The van der Waals surface area contributed by atoms with Gasteiger partial charge in [-0.25, -0.2) is 0 Å². The second-order valence-electron chi connectivity index (χ2n) is 5.04. The van der Waals surface area contributed by atoms with Crippen molar-refractivity contribution in [3.05, 3.63) is 29.8 Å². The van der Waals surface area contributed by atoms with Gasteiger partial charge in [-0.1, -0.05) is 26.0 Å². The van der Waals surface area contributed by atoms with E-state index in [1.54, 1.807) is 38.1 Å². The van der Waals surface area contributed by atoms with E-state index in [4.69, 9.17) is 20.8 Å². The molecule has 22 heavy (non-hydrogen) atoms. The van der Waals surface area contributed by atoms with Gasteiger partial charge in [-0.3, -0.25) is 9.59 Å². The lowest BCUT2D eigenvalue weighted by molar-refractivity contribution is -0.134. The number of carbonyl (C=O) groups is 2. The lowest BCUT2D eigenvalue weighted by Gasteiger charge is -2.24. The summed E-state index contributed by atoms with van der Waals surface area (Å²) in [6.45, 7) is 2.93. The van der Waals surface area contributed by atoms with E-state index < -0.39 is 30.6 Å². The largest absolute Gasteiger partial charge is 0.479 e. The Hall–Kier alpha value is -2.59. The molecule has 0 fully saturated rings. The first-order chi connectivity index (χ1) is 10.4. The zero-order valence-electron chi connectivity index (χ0n) is 12.4. The SMILES string of the molecule is CC(C)[C@H](Oc1ccccc1C#N)C(=O)N[C@@H](CO)C(N)=O. The molecule has 0 unspecified atom stereocenters. The predicted molar refractivity (Wildman–Crippen MR) is 78.6 cm³/mol. The van der Waals surface area contributed by atoms with E-state index in [1.165, 1.54) is 0 Å². The van der Waals surface area contributed by atoms with Crippen molar-refractivity contribution in [2.75, 3.05) is 6.61 Å². The molecule has 7 heteroatoms. The molecule has 2 atom stereocenters. The molecule has 118 valence electrons. The number of primary amides is 1. The maximum Gasteiger partial charge on any atom is 0.262 e. The number of para-hydroxylation sites is 1. The van der Waals surface area contributed by atoms with Gasteiger partial charge < -0.3 is 20.9 Å². The highest BCUT2D eigenvalue weighted by Gasteiger charge is 2.28. The summed E-state index contributed by atoms with van der Waals surface area (Å²) in [6.07, 6.45) is -0.928. The van der Waals surface area contributed by atoms with Crippen molar-refractivity contribution in [2.45, 2.75) is 26.0 Å². The highest BCUT2D eigenvalue weighted by Crippen LogP contribution is 2.20. The van der Waals surface area contributed by atoms with Crippen molar-refractivity contribution >= 4 is 11.8 Å². The van der Waals surface area contributed by atoms with Crippen molar-refractivity contribution < 1.29 is 19.4 Å². The van der Waals surface area contributed by atoms with Gasteiger partial charge in [0.1, 0.15) is 17.9 Å². The van der Waals surface area contributed by atoms with Crippen LogP contribution in [-0.2, 0) is 9.59 Å². The number of hydrogen-bond acceptors (Lipinski definition) is 5. The normalized spacial score (nSPS) is 13.0. The molecule has 1 aromatic rings. The molecule has 2 amide bonds. The number of ether oxygens (including phenoxy) is 1. The fraction of sp³-hybridized carbons (Fsp3) is 0.400. The van der Waals surface area contributed by atoms with Gasteiger partial charge in [0.25, 0.3) is 5.91 Å². The average molecular weight is 305 g/mol. The van der Waals surface area contributed by atoms with E-state index >= 15 is 0 Å². The van der Waals surface area contributed by atoms with E-state index in [0.717, 1.165) is 0 Å². The lowest BCUT2D eigenvalue weighted by atomic mass is 10.1. The Labute approximate surface area is 128 Å². The number of benzene rings is 1. The maximum absolute atomic E-state index is 12.2. The number of nitrogens with one attached hydrogen (secondary N) is 1. The van der Waals surface area contributed by atoms with Gasteiger partial charge in [0.15, 0.2) is 6.10 Å². The molecule has 0 bridgehead atoms. The fourth-order valence-corrected chi connectivity index (χ4v) is 1.75. The number of aliphatic hydroxyl groups is 1.